The minimum absolute atomic E-state index is 0.233. The highest BCUT2D eigenvalue weighted by Crippen LogP contribution is 2.08. The van der Waals surface area contributed by atoms with Crippen molar-refractivity contribution >= 4 is 29.3 Å². The first-order valence-corrected chi connectivity index (χ1v) is 4.18. The van der Waals surface area contributed by atoms with Crippen molar-refractivity contribution in [3.05, 3.63) is 11.6 Å². The fourth-order valence-electron chi connectivity index (χ4n) is 0.304. The molecule has 0 saturated heterocycles. The van der Waals surface area contributed by atoms with Crippen LogP contribution in [0.15, 0.2) is 11.6 Å². The van der Waals surface area contributed by atoms with Gasteiger partial charge in [-0.05, 0) is 0 Å². The maximum absolute atomic E-state index is 10.5. The van der Waals surface area contributed by atoms with Gasteiger partial charge in [0, 0.05) is 10.8 Å². The number of ether oxygens (including phenoxy) is 1. The number of carbonyl (C=O) groups excluding carboxylic acids is 1. The zero-order chi connectivity index (χ0) is 7.98. The van der Waals surface area contributed by atoms with Crippen LogP contribution in [0.1, 0.15) is 0 Å². The third kappa shape index (κ3) is 5.98. The molecule has 10 heavy (non-hydrogen) atoms. The van der Waals surface area contributed by atoms with Crippen LogP contribution in [-0.2, 0) is 9.53 Å². The molecule has 0 atom stereocenters. The quantitative estimate of drug-likeness (QED) is 0.616. The molecule has 0 amide bonds. The predicted molar refractivity (Wildman–Crippen MR) is 44.3 cm³/mol. The van der Waals surface area contributed by atoms with Crippen molar-refractivity contribution in [1.29, 1.82) is 0 Å². The number of hydrogen-bond donors (Lipinski definition) is 0. The highest BCUT2D eigenvalue weighted by atomic mass is 35.5. The second-order valence-electron chi connectivity index (χ2n) is 1.59. The molecule has 0 unspecified atom stereocenters. The Balaban J connectivity index is 3.20. The van der Waals surface area contributed by atoms with Crippen molar-refractivity contribution in [2.75, 3.05) is 18.6 Å². The van der Waals surface area contributed by atoms with Gasteiger partial charge in [-0.2, -0.15) is 0 Å². The number of hydrogen-bond acceptors (Lipinski definition) is 3. The van der Waals surface area contributed by atoms with Gasteiger partial charge in [0.15, 0.2) is 0 Å². The average molecular weight is 181 g/mol. The summed E-state index contributed by atoms with van der Waals surface area (Å²) in [5.74, 6) is 0.696. The highest BCUT2D eigenvalue weighted by Gasteiger charge is 1.98. The molecule has 0 aliphatic heterocycles. The minimum Gasteiger partial charge on any atom is -0.468 e. The first kappa shape index (κ1) is 9.85. The molecule has 0 spiro atoms. The Bertz CT molecular complexity index is 136. The molecule has 0 aliphatic rings. The van der Waals surface area contributed by atoms with Gasteiger partial charge in [0.05, 0.1) is 12.9 Å². The fourth-order valence-corrected chi connectivity index (χ4v) is 1.14. The van der Waals surface area contributed by atoms with E-state index in [1.54, 1.807) is 0 Å². The van der Waals surface area contributed by atoms with Crippen LogP contribution >= 0.6 is 23.4 Å². The third-order valence-corrected chi connectivity index (χ3v) is 1.99. The summed E-state index contributed by atoms with van der Waals surface area (Å²) in [6, 6.07) is 0. The van der Waals surface area contributed by atoms with E-state index in [-0.39, 0.29) is 5.97 Å². The summed E-state index contributed by atoms with van der Waals surface area (Å²) in [6.07, 6.45) is 0. The van der Waals surface area contributed by atoms with Crippen LogP contribution in [0, 0.1) is 0 Å². The summed E-state index contributed by atoms with van der Waals surface area (Å²) >= 11 is 6.83. The van der Waals surface area contributed by atoms with Gasteiger partial charge in [0.25, 0.3) is 0 Å². The van der Waals surface area contributed by atoms with Crippen LogP contribution in [0.5, 0.6) is 0 Å². The Kier molecular flexibility index (Phi) is 5.54. The topological polar surface area (TPSA) is 26.3 Å². The standard InChI is InChI=1S/C6H9ClO2S/c1-5(7)3-10-4-6(8)9-2/h1,3-4H2,2H3. The van der Waals surface area contributed by atoms with Crippen LogP contribution in [0.4, 0.5) is 0 Å². The number of rotatable bonds is 4. The Morgan fingerprint density at radius 3 is 2.70 bits per heavy atom. The zero-order valence-corrected chi connectivity index (χ0v) is 7.30. The molecular weight excluding hydrogens is 172 g/mol. The molecule has 0 fully saturated rings. The molecule has 0 aromatic carbocycles. The second kappa shape index (κ2) is 5.62. The Labute approximate surface area is 69.6 Å². The first-order valence-electron chi connectivity index (χ1n) is 2.64. The van der Waals surface area contributed by atoms with Crippen molar-refractivity contribution < 1.29 is 9.53 Å². The van der Waals surface area contributed by atoms with E-state index in [9.17, 15) is 4.79 Å². The lowest BCUT2D eigenvalue weighted by Gasteiger charge is -1.96. The molecular formula is C6H9ClO2S. The van der Waals surface area contributed by atoms with E-state index >= 15 is 0 Å². The van der Waals surface area contributed by atoms with Gasteiger partial charge in [-0.15, -0.1) is 11.8 Å². The van der Waals surface area contributed by atoms with E-state index in [1.807, 2.05) is 0 Å². The molecule has 0 radical (unpaired) electrons. The van der Waals surface area contributed by atoms with Crippen LogP contribution in [0.2, 0.25) is 0 Å². The van der Waals surface area contributed by atoms with Gasteiger partial charge >= 0.3 is 5.97 Å². The maximum atomic E-state index is 10.5. The molecule has 0 rings (SSSR count). The Hall–Kier alpha value is -0.150. The molecule has 0 aliphatic carbocycles. The van der Waals surface area contributed by atoms with Gasteiger partial charge in [-0.1, -0.05) is 18.2 Å². The summed E-state index contributed by atoms with van der Waals surface area (Å²) in [5, 5.41) is 0.550. The second-order valence-corrected chi connectivity index (χ2v) is 3.11. The average Bonchev–Trinajstić information content (AvgIpc) is 1.87. The fraction of sp³-hybridized carbons (Fsp3) is 0.500. The molecule has 0 N–H and O–H groups in total. The van der Waals surface area contributed by atoms with E-state index in [2.05, 4.69) is 11.3 Å². The largest absolute Gasteiger partial charge is 0.468 e. The molecule has 0 aromatic heterocycles. The molecule has 0 saturated carbocycles. The molecule has 0 bridgehead atoms. The highest BCUT2D eigenvalue weighted by molar-refractivity contribution is 8.00. The SMILES string of the molecule is C=C(Cl)CSCC(=O)OC. The number of esters is 1. The lowest BCUT2D eigenvalue weighted by atomic mass is 10.7. The van der Waals surface area contributed by atoms with Crippen molar-refractivity contribution in [3.8, 4) is 0 Å². The number of halogens is 1. The Morgan fingerprint density at radius 1 is 1.70 bits per heavy atom. The molecule has 58 valence electrons. The van der Waals surface area contributed by atoms with Gasteiger partial charge in [-0.25, -0.2) is 0 Å². The summed E-state index contributed by atoms with van der Waals surface area (Å²) in [6.45, 7) is 3.47. The smallest absolute Gasteiger partial charge is 0.315 e. The molecule has 2 nitrogen and oxygen atoms in total. The Morgan fingerprint density at radius 2 is 2.30 bits per heavy atom. The summed E-state index contributed by atoms with van der Waals surface area (Å²) in [7, 11) is 1.36. The number of methoxy groups -OCH3 is 1. The molecule has 4 heteroatoms. The van der Waals surface area contributed by atoms with E-state index < -0.39 is 0 Å². The normalized spacial score (nSPS) is 9.00. The van der Waals surface area contributed by atoms with Gasteiger partial charge < -0.3 is 4.74 Å². The maximum Gasteiger partial charge on any atom is 0.315 e. The van der Waals surface area contributed by atoms with Crippen molar-refractivity contribution in [2.24, 2.45) is 0 Å². The van der Waals surface area contributed by atoms with Crippen molar-refractivity contribution in [2.45, 2.75) is 0 Å². The minimum atomic E-state index is -0.233. The van der Waals surface area contributed by atoms with E-state index in [4.69, 9.17) is 11.6 Å². The predicted octanol–water partition coefficient (Wildman–Crippen LogP) is 1.65. The van der Waals surface area contributed by atoms with Crippen molar-refractivity contribution in [3.63, 3.8) is 0 Å². The van der Waals surface area contributed by atoms with Crippen LogP contribution < -0.4 is 0 Å². The van der Waals surface area contributed by atoms with Gasteiger partial charge in [-0.3, -0.25) is 4.79 Å². The summed E-state index contributed by atoms with van der Waals surface area (Å²) < 4.78 is 4.40. The summed E-state index contributed by atoms with van der Waals surface area (Å²) in [4.78, 5) is 10.5. The van der Waals surface area contributed by atoms with E-state index in [0.29, 0.717) is 16.5 Å². The van der Waals surface area contributed by atoms with Crippen LogP contribution in [0.25, 0.3) is 0 Å². The summed E-state index contributed by atoms with van der Waals surface area (Å²) in [5.41, 5.74) is 0. The van der Waals surface area contributed by atoms with Crippen molar-refractivity contribution in [1.82, 2.24) is 0 Å². The first-order chi connectivity index (χ1) is 4.66. The van der Waals surface area contributed by atoms with Gasteiger partial charge in [0.2, 0.25) is 0 Å². The third-order valence-electron chi connectivity index (χ3n) is 0.706. The van der Waals surface area contributed by atoms with Crippen LogP contribution in [0.3, 0.4) is 0 Å². The number of carbonyl (C=O) groups is 1. The van der Waals surface area contributed by atoms with Crippen LogP contribution in [-0.4, -0.2) is 24.6 Å². The number of thioether (sulfide) groups is 1. The molecule has 0 heterocycles. The zero-order valence-electron chi connectivity index (χ0n) is 5.72. The lowest BCUT2D eigenvalue weighted by Crippen LogP contribution is -2.03. The van der Waals surface area contributed by atoms with E-state index in [1.165, 1.54) is 18.9 Å². The molecule has 0 aromatic rings. The van der Waals surface area contributed by atoms with E-state index in [0.717, 1.165) is 0 Å². The monoisotopic (exact) mass is 180 g/mol. The van der Waals surface area contributed by atoms with Gasteiger partial charge in [0.1, 0.15) is 0 Å². The lowest BCUT2D eigenvalue weighted by molar-refractivity contribution is -0.137.